The van der Waals surface area contributed by atoms with E-state index in [0.29, 0.717) is 15.7 Å². The molecule has 5 heteroatoms. The first-order chi connectivity index (χ1) is 10.1. The number of benzene rings is 2. The quantitative estimate of drug-likeness (QED) is 0.706. The lowest BCUT2D eigenvalue weighted by molar-refractivity contribution is 0.439. The van der Waals surface area contributed by atoms with Crippen molar-refractivity contribution in [3.63, 3.8) is 0 Å². The Balaban J connectivity index is 2.16. The molecular weight excluding hydrogens is 307 g/mol. The Morgan fingerprint density at radius 3 is 2.29 bits per heavy atom. The number of nitrogens with two attached hydrogens (primary N) is 1. The van der Waals surface area contributed by atoms with Gasteiger partial charge in [-0.15, -0.1) is 0 Å². The van der Waals surface area contributed by atoms with Crippen LogP contribution in [-0.4, -0.2) is 5.16 Å². The van der Waals surface area contributed by atoms with E-state index in [9.17, 15) is 0 Å². The van der Waals surface area contributed by atoms with E-state index < -0.39 is 0 Å². The van der Waals surface area contributed by atoms with E-state index >= 15 is 0 Å². The molecule has 106 valence electrons. The first-order valence-electron chi connectivity index (χ1n) is 6.34. The molecule has 3 nitrogen and oxygen atoms in total. The van der Waals surface area contributed by atoms with Crippen molar-refractivity contribution < 1.29 is 4.52 Å². The molecule has 3 rings (SSSR count). The summed E-state index contributed by atoms with van der Waals surface area (Å²) >= 11 is 12.0. The third-order valence-electron chi connectivity index (χ3n) is 3.25. The van der Waals surface area contributed by atoms with E-state index in [2.05, 4.69) is 5.16 Å². The Hall–Kier alpha value is -1.97. The fourth-order valence-electron chi connectivity index (χ4n) is 2.14. The number of aryl methyl sites for hydroxylation is 1. The van der Waals surface area contributed by atoms with Crippen LogP contribution in [0.5, 0.6) is 0 Å². The third kappa shape index (κ3) is 2.62. The highest BCUT2D eigenvalue weighted by atomic mass is 35.5. The van der Waals surface area contributed by atoms with Gasteiger partial charge in [0.05, 0.1) is 15.6 Å². The van der Waals surface area contributed by atoms with Crippen LogP contribution in [0.3, 0.4) is 0 Å². The smallest absolute Gasteiger partial charge is 0.230 e. The Bertz CT molecular complexity index is 795. The maximum absolute atomic E-state index is 6.07. The lowest BCUT2D eigenvalue weighted by Gasteiger charge is -2.04. The van der Waals surface area contributed by atoms with Crippen molar-refractivity contribution in [2.24, 2.45) is 0 Å². The second kappa shape index (κ2) is 5.43. The van der Waals surface area contributed by atoms with E-state index in [1.807, 2.05) is 37.3 Å². The molecule has 0 saturated carbocycles. The molecule has 21 heavy (non-hydrogen) atoms. The molecule has 0 spiro atoms. The molecule has 2 aromatic carbocycles. The molecule has 0 aliphatic carbocycles. The second-order valence-electron chi connectivity index (χ2n) is 4.77. The Morgan fingerprint density at radius 2 is 1.62 bits per heavy atom. The SMILES string of the molecule is Cc1ccc(-c2c(-c3ccc(Cl)c(Cl)c3)noc2N)cc1. The summed E-state index contributed by atoms with van der Waals surface area (Å²) < 4.78 is 5.16. The molecule has 1 heterocycles. The zero-order valence-electron chi connectivity index (χ0n) is 11.2. The van der Waals surface area contributed by atoms with Gasteiger partial charge in [-0.2, -0.15) is 0 Å². The molecule has 0 radical (unpaired) electrons. The normalized spacial score (nSPS) is 10.8. The molecule has 0 aliphatic heterocycles. The Morgan fingerprint density at radius 1 is 0.952 bits per heavy atom. The van der Waals surface area contributed by atoms with Crippen molar-refractivity contribution in [3.8, 4) is 22.4 Å². The number of hydrogen-bond donors (Lipinski definition) is 1. The van der Waals surface area contributed by atoms with Gasteiger partial charge in [0.2, 0.25) is 5.88 Å². The van der Waals surface area contributed by atoms with E-state index in [4.69, 9.17) is 33.5 Å². The average Bonchev–Trinajstić information content (AvgIpc) is 2.85. The van der Waals surface area contributed by atoms with Crippen LogP contribution in [0.2, 0.25) is 10.0 Å². The van der Waals surface area contributed by atoms with Gasteiger partial charge in [-0.25, -0.2) is 0 Å². The molecule has 3 aromatic rings. The summed E-state index contributed by atoms with van der Waals surface area (Å²) in [5.74, 6) is 0.278. The van der Waals surface area contributed by atoms with E-state index in [0.717, 1.165) is 16.7 Å². The lowest BCUT2D eigenvalue weighted by Crippen LogP contribution is -1.88. The summed E-state index contributed by atoms with van der Waals surface area (Å²) in [5, 5.41) is 5.01. The monoisotopic (exact) mass is 318 g/mol. The molecule has 0 atom stereocenters. The topological polar surface area (TPSA) is 52.0 Å². The van der Waals surface area contributed by atoms with Crippen molar-refractivity contribution in [1.82, 2.24) is 5.16 Å². The van der Waals surface area contributed by atoms with Crippen molar-refractivity contribution in [2.45, 2.75) is 6.92 Å². The summed E-state index contributed by atoms with van der Waals surface area (Å²) in [6.45, 7) is 2.03. The summed E-state index contributed by atoms with van der Waals surface area (Å²) in [5.41, 5.74) is 10.3. The van der Waals surface area contributed by atoms with E-state index in [1.165, 1.54) is 5.56 Å². The number of nitrogens with zero attached hydrogens (tertiary/aromatic N) is 1. The zero-order chi connectivity index (χ0) is 15.0. The molecule has 0 aliphatic rings. The molecule has 1 aromatic heterocycles. The van der Waals surface area contributed by atoms with E-state index in [1.54, 1.807) is 12.1 Å². The molecule has 0 saturated heterocycles. The number of nitrogen functional groups attached to an aromatic ring is 1. The van der Waals surface area contributed by atoms with Gasteiger partial charge in [0.25, 0.3) is 0 Å². The average molecular weight is 319 g/mol. The highest BCUT2D eigenvalue weighted by molar-refractivity contribution is 6.42. The Labute approximate surface area is 132 Å². The van der Waals surface area contributed by atoms with Crippen LogP contribution >= 0.6 is 23.2 Å². The van der Waals surface area contributed by atoms with Gasteiger partial charge in [0.15, 0.2) is 0 Å². The maximum atomic E-state index is 6.07. The standard InChI is InChI=1S/C16H12Cl2N2O/c1-9-2-4-10(5-3-9)14-15(20-21-16(14)19)11-6-7-12(17)13(18)8-11/h2-8H,19H2,1H3. The van der Waals surface area contributed by atoms with Crippen molar-refractivity contribution in [1.29, 1.82) is 0 Å². The largest absolute Gasteiger partial charge is 0.367 e. The van der Waals surface area contributed by atoms with Gasteiger partial charge < -0.3 is 10.3 Å². The van der Waals surface area contributed by atoms with Crippen LogP contribution in [0.1, 0.15) is 5.56 Å². The third-order valence-corrected chi connectivity index (χ3v) is 3.99. The van der Waals surface area contributed by atoms with Gasteiger partial charge in [-0.3, -0.25) is 0 Å². The molecule has 0 unspecified atom stereocenters. The van der Waals surface area contributed by atoms with Gasteiger partial charge in [-0.05, 0) is 24.6 Å². The van der Waals surface area contributed by atoms with Crippen molar-refractivity contribution in [3.05, 3.63) is 58.1 Å². The van der Waals surface area contributed by atoms with Gasteiger partial charge >= 0.3 is 0 Å². The fraction of sp³-hybridized carbons (Fsp3) is 0.0625. The van der Waals surface area contributed by atoms with Gasteiger partial charge in [-0.1, -0.05) is 64.3 Å². The van der Waals surface area contributed by atoms with Crippen molar-refractivity contribution in [2.75, 3.05) is 5.73 Å². The molecular formula is C16H12Cl2N2O. The molecule has 0 bridgehead atoms. The highest BCUT2D eigenvalue weighted by Crippen LogP contribution is 2.38. The van der Waals surface area contributed by atoms with Crippen LogP contribution in [-0.2, 0) is 0 Å². The Kier molecular flexibility index (Phi) is 3.62. The minimum atomic E-state index is 0.278. The fourth-order valence-corrected chi connectivity index (χ4v) is 2.44. The van der Waals surface area contributed by atoms with E-state index in [-0.39, 0.29) is 5.88 Å². The maximum Gasteiger partial charge on any atom is 0.230 e. The first kappa shape index (κ1) is 14.0. The number of halogens is 2. The zero-order valence-corrected chi connectivity index (χ0v) is 12.7. The minimum absolute atomic E-state index is 0.278. The summed E-state index contributed by atoms with van der Waals surface area (Å²) in [6.07, 6.45) is 0. The number of aromatic nitrogens is 1. The summed E-state index contributed by atoms with van der Waals surface area (Å²) in [6, 6.07) is 13.3. The van der Waals surface area contributed by atoms with Crippen LogP contribution in [0.25, 0.3) is 22.4 Å². The van der Waals surface area contributed by atoms with Crippen LogP contribution < -0.4 is 5.73 Å². The molecule has 0 amide bonds. The lowest BCUT2D eigenvalue weighted by atomic mass is 10.00. The van der Waals surface area contributed by atoms with Crippen molar-refractivity contribution >= 4 is 29.1 Å². The van der Waals surface area contributed by atoms with Gasteiger partial charge in [0.1, 0.15) is 5.69 Å². The number of hydrogen-bond acceptors (Lipinski definition) is 3. The molecule has 2 N–H and O–H groups in total. The second-order valence-corrected chi connectivity index (χ2v) is 5.58. The summed E-state index contributed by atoms with van der Waals surface area (Å²) in [7, 11) is 0. The predicted octanol–water partition coefficient (Wildman–Crippen LogP) is 5.21. The summed E-state index contributed by atoms with van der Waals surface area (Å²) in [4.78, 5) is 0. The highest BCUT2D eigenvalue weighted by Gasteiger charge is 2.18. The van der Waals surface area contributed by atoms with Crippen LogP contribution in [0.15, 0.2) is 47.0 Å². The number of anilines is 1. The van der Waals surface area contributed by atoms with Crippen LogP contribution in [0, 0.1) is 6.92 Å². The first-order valence-corrected chi connectivity index (χ1v) is 7.09. The minimum Gasteiger partial charge on any atom is -0.367 e. The van der Waals surface area contributed by atoms with Crippen LogP contribution in [0.4, 0.5) is 5.88 Å². The van der Waals surface area contributed by atoms with Gasteiger partial charge in [0, 0.05) is 5.56 Å². The predicted molar refractivity (Wildman–Crippen MR) is 86.5 cm³/mol. The number of rotatable bonds is 2. The molecule has 0 fully saturated rings.